The first kappa shape index (κ1) is 19.4. The summed E-state index contributed by atoms with van der Waals surface area (Å²) in [4.78, 5) is 17.9. The number of pyridine rings is 1. The highest BCUT2D eigenvalue weighted by atomic mass is 16.6. The number of carbonyl (C=O) groups excluding carboxylic acids is 1. The Kier molecular flexibility index (Phi) is 7.49. The lowest BCUT2D eigenvalue weighted by molar-refractivity contribution is 0.0296. The lowest BCUT2D eigenvalue weighted by atomic mass is 10.1. The number of unbranched alkanes of at least 4 members (excludes halogenated alkanes) is 1. The molecule has 0 aliphatic heterocycles. The van der Waals surface area contributed by atoms with Gasteiger partial charge in [-0.05, 0) is 65.1 Å². The first-order valence-corrected chi connectivity index (χ1v) is 8.26. The number of aryl methyl sites for hydroxylation is 2. The summed E-state index contributed by atoms with van der Waals surface area (Å²) in [5.41, 5.74) is 3.08. The Labute approximate surface area is 140 Å². The number of rotatable bonds is 7. The molecule has 1 aromatic heterocycles. The lowest BCUT2D eigenvalue weighted by Gasteiger charge is -2.24. The maximum absolute atomic E-state index is 11.8. The van der Waals surface area contributed by atoms with Crippen molar-refractivity contribution in [2.45, 2.75) is 59.6 Å². The fourth-order valence-corrected chi connectivity index (χ4v) is 2.17. The second kappa shape index (κ2) is 8.87. The average Bonchev–Trinajstić information content (AvgIpc) is 2.42. The minimum atomic E-state index is -0.439. The molecular formula is C18H31N3O2. The van der Waals surface area contributed by atoms with Crippen LogP contribution >= 0.6 is 0 Å². The standard InChI is InChI=1S/C18H31N3O2/c1-14-11-15(2)16(20-12-14)13-19-9-7-8-10-21(6)17(22)23-18(3,4)5/h11-12,19H,7-10,13H2,1-6H3. The van der Waals surface area contributed by atoms with E-state index >= 15 is 0 Å². The van der Waals surface area contributed by atoms with Gasteiger partial charge in [0, 0.05) is 26.3 Å². The monoisotopic (exact) mass is 321 g/mol. The van der Waals surface area contributed by atoms with Crippen molar-refractivity contribution in [1.82, 2.24) is 15.2 Å². The van der Waals surface area contributed by atoms with Gasteiger partial charge >= 0.3 is 6.09 Å². The molecule has 0 saturated carbocycles. The maximum Gasteiger partial charge on any atom is 0.410 e. The molecular weight excluding hydrogens is 290 g/mol. The molecule has 0 bridgehead atoms. The zero-order valence-corrected chi connectivity index (χ0v) is 15.4. The maximum atomic E-state index is 11.8. The van der Waals surface area contributed by atoms with Gasteiger partial charge in [0.15, 0.2) is 0 Å². The Balaban J connectivity index is 2.17. The van der Waals surface area contributed by atoms with Gasteiger partial charge in [-0.15, -0.1) is 0 Å². The quantitative estimate of drug-likeness (QED) is 0.782. The van der Waals surface area contributed by atoms with E-state index in [-0.39, 0.29) is 6.09 Å². The van der Waals surface area contributed by atoms with Crippen molar-refractivity contribution >= 4 is 6.09 Å². The first-order valence-electron chi connectivity index (χ1n) is 8.26. The summed E-state index contributed by atoms with van der Waals surface area (Å²) in [6.45, 7) is 12.2. The number of hydrogen-bond acceptors (Lipinski definition) is 4. The van der Waals surface area contributed by atoms with Gasteiger partial charge in [0.05, 0.1) is 5.69 Å². The topological polar surface area (TPSA) is 54.5 Å². The van der Waals surface area contributed by atoms with Gasteiger partial charge < -0.3 is 15.0 Å². The number of aromatic nitrogens is 1. The number of hydrogen-bond donors (Lipinski definition) is 1. The number of nitrogens with zero attached hydrogens (tertiary/aromatic N) is 2. The van der Waals surface area contributed by atoms with Crippen LogP contribution in [-0.2, 0) is 11.3 Å². The van der Waals surface area contributed by atoms with Crippen LogP contribution in [0.5, 0.6) is 0 Å². The average molecular weight is 321 g/mol. The van der Waals surface area contributed by atoms with Crippen molar-refractivity contribution < 1.29 is 9.53 Å². The molecule has 1 rings (SSSR count). The Hall–Kier alpha value is -1.62. The van der Waals surface area contributed by atoms with Gasteiger partial charge in [-0.2, -0.15) is 0 Å². The van der Waals surface area contributed by atoms with Gasteiger partial charge in [0.1, 0.15) is 5.60 Å². The zero-order chi connectivity index (χ0) is 17.5. The van der Waals surface area contributed by atoms with Crippen molar-refractivity contribution in [2.75, 3.05) is 20.1 Å². The first-order chi connectivity index (χ1) is 10.7. The van der Waals surface area contributed by atoms with E-state index in [9.17, 15) is 4.79 Å². The molecule has 1 amide bonds. The van der Waals surface area contributed by atoms with Crippen LogP contribution < -0.4 is 5.32 Å². The molecule has 0 unspecified atom stereocenters. The molecule has 0 atom stereocenters. The molecule has 0 aliphatic rings. The Morgan fingerprint density at radius 2 is 2.00 bits per heavy atom. The normalized spacial score (nSPS) is 11.4. The summed E-state index contributed by atoms with van der Waals surface area (Å²) in [7, 11) is 1.78. The fourth-order valence-electron chi connectivity index (χ4n) is 2.17. The van der Waals surface area contributed by atoms with Crippen molar-refractivity contribution in [3.05, 3.63) is 29.1 Å². The van der Waals surface area contributed by atoms with Gasteiger partial charge in [-0.3, -0.25) is 4.98 Å². The summed E-state index contributed by atoms with van der Waals surface area (Å²) in [5.74, 6) is 0. The summed E-state index contributed by atoms with van der Waals surface area (Å²) in [6, 6.07) is 2.15. The molecule has 0 aromatic carbocycles. The summed E-state index contributed by atoms with van der Waals surface area (Å²) < 4.78 is 5.32. The zero-order valence-electron chi connectivity index (χ0n) is 15.4. The van der Waals surface area contributed by atoms with Crippen molar-refractivity contribution in [2.24, 2.45) is 0 Å². The third kappa shape index (κ3) is 7.98. The summed E-state index contributed by atoms with van der Waals surface area (Å²) >= 11 is 0. The third-order valence-electron chi connectivity index (χ3n) is 3.42. The van der Waals surface area contributed by atoms with E-state index in [4.69, 9.17) is 4.74 Å². The minimum absolute atomic E-state index is 0.259. The second-order valence-electron chi connectivity index (χ2n) is 7.06. The predicted octanol–water partition coefficient (Wildman–Crippen LogP) is 3.44. The van der Waals surface area contributed by atoms with Crippen LogP contribution in [0.2, 0.25) is 0 Å². The highest BCUT2D eigenvalue weighted by Crippen LogP contribution is 2.09. The smallest absolute Gasteiger partial charge is 0.410 e. The van der Waals surface area contributed by atoms with Gasteiger partial charge in [0.25, 0.3) is 0 Å². The Bertz CT molecular complexity index is 509. The molecule has 5 nitrogen and oxygen atoms in total. The van der Waals surface area contributed by atoms with E-state index in [0.29, 0.717) is 6.54 Å². The predicted molar refractivity (Wildman–Crippen MR) is 93.5 cm³/mol. The van der Waals surface area contributed by atoms with E-state index in [1.807, 2.05) is 27.0 Å². The number of ether oxygens (including phenoxy) is 1. The lowest BCUT2D eigenvalue weighted by Crippen LogP contribution is -2.34. The third-order valence-corrected chi connectivity index (χ3v) is 3.42. The summed E-state index contributed by atoms with van der Waals surface area (Å²) in [6.07, 6.45) is 3.60. The Morgan fingerprint density at radius 3 is 2.61 bits per heavy atom. The SMILES string of the molecule is Cc1cnc(CNCCCCN(C)C(=O)OC(C)(C)C)c(C)c1. The molecule has 1 aromatic rings. The molecule has 23 heavy (non-hydrogen) atoms. The largest absolute Gasteiger partial charge is 0.444 e. The molecule has 130 valence electrons. The summed E-state index contributed by atoms with van der Waals surface area (Å²) in [5, 5.41) is 3.41. The van der Waals surface area contributed by atoms with Gasteiger partial charge in [-0.1, -0.05) is 6.07 Å². The van der Waals surface area contributed by atoms with E-state index < -0.39 is 5.60 Å². The number of nitrogens with one attached hydrogen (secondary N) is 1. The van der Waals surface area contributed by atoms with Crippen LogP contribution in [0.1, 0.15) is 50.4 Å². The van der Waals surface area contributed by atoms with Crippen molar-refractivity contribution in [3.63, 3.8) is 0 Å². The van der Waals surface area contributed by atoms with Crippen molar-refractivity contribution in [1.29, 1.82) is 0 Å². The van der Waals surface area contributed by atoms with Crippen LogP contribution in [0.25, 0.3) is 0 Å². The molecule has 0 aliphatic carbocycles. The molecule has 0 fully saturated rings. The van der Waals surface area contributed by atoms with Crippen LogP contribution in [0.3, 0.4) is 0 Å². The van der Waals surface area contributed by atoms with Crippen molar-refractivity contribution in [3.8, 4) is 0 Å². The fraction of sp³-hybridized carbons (Fsp3) is 0.667. The van der Waals surface area contributed by atoms with Crippen LogP contribution in [0.15, 0.2) is 12.3 Å². The van der Waals surface area contributed by atoms with Gasteiger partial charge in [0.2, 0.25) is 0 Å². The van der Waals surface area contributed by atoms with Gasteiger partial charge in [-0.25, -0.2) is 4.79 Å². The Morgan fingerprint density at radius 1 is 1.30 bits per heavy atom. The molecule has 1 N–H and O–H groups in total. The number of carbonyl (C=O) groups is 1. The van der Waals surface area contributed by atoms with E-state index in [2.05, 4.69) is 30.2 Å². The van der Waals surface area contributed by atoms with Crippen LogP contribution in [0, 0.1) is 13.8 Å². The molecule has 0 spiro atoms. The van der Waals surface area contributed by atoms with E-state index in [1.165, 1.54) is 11.1 Å². The molecule has 0 radical (unpaired) electrons. The highest BCUT2D eigenvalue weighted by molar-refractivity contribution is 5.67. The molecule has 5 heteroatoms. The van der Waals surface area contributed by atoms with E-state index in [0.717, 1.165) is 31.6 Å². The number of amides is 1. The molecule has 1 heterocycles. The van der Waals surface area contributed by atoms with Crippen LogP contribution in [0.4, 0.5) is 4.79 Å². The highest BCUT2D eigenvalue weighted by Gasteiger charge is 2.18. The molecule has 0 saturated heterocycles. The minimum Gasteiger partial charge on any atom is -0.444 e. The van der Waals surface area contributed by atoms with E-state index in [1.54, 1.807) is 11.9 Å². The van der Waals surface area contributed by atoms with Crippen LogP contribution in [-0.4, -0.2) is 41.7 Å². The second-order valence-corrected chi connectivity index (χ2v) is 7.06.